The zero-order chi connectivity index (χ0) is 18.6. The highest BCUT2D eigenvalue weighted by Crippen LogP contribution is 2.20. The number of aryl methyl sites for hydroxylation is 3. The Morgan fingerprint density at radius 3 is 2.44 bits per heavy atom. The second kappa shape index (κ2) is 7.57. The third-order valence-electron chi connectivity index (χ3n) is 3.63. The van der Waals surface area contributed by atoms with Gasteiger partial charge in [-0.2, -0.15) is 0 Å². The van der Waals surface area contributed by atoms with E-state index in [1.54, 1.807) is 13.0 Å². The molecule has 7 heteroatoms. The Balaban J connectivity index is 1.98. The zero-order valence-electron chi connectivity index (χ0n) is 14.2. The molecular weight excluding hydrogens is 324 g/mol. The van der Waals surface area contributed by atoms with Crippen molar-refractivity contribution in [2.45, 2.75) is 20.8 Å². The third-order valence-corrected chi connectivity index (χ3v) is 3.63. The molecule has 2 rings (SSSR count). The topological polar surface area (TPSA) is 98.5 Å². The third kappa shape index (κ3) is 4.63. The minimum atomic E-state index is -0.793. The smallest absolute Gasteiger partial charge is 0.338 e. The van der Waals surface area contributed by atoms with Gasteiger partial charge in [-0.3, -0.25) is 14.9 Å². The fourth-order valence-corrected chi connectivity index (χ4v) is 2.29. The van der Waals surface area contributed by atoms with E-state index in [0.29, 0.717) is 11.3 Å². The number of hydrogen-bond acceptors (Lipinski definition) is 5. The van der Waals surface area contributed by atoms with Crippen LogP contribution in [0.5, 0.6) is 0 Å². The maximum Gasteiger partial charge on any atom is 0.338 e. The first-order chi connectivity index (χ1) is 11.8. The largest absolute Gasteiger partial charge is 0.452 e. The van der Waals surface area contributed by atoms with Gasteiger partial charge in [0.25, 0.3) is 11.6 Å². The first kappa shape index (κ1) is 18.1. The predicted molar refractivity (Wildman–Crippen MR) is 92.7 cm³/mol. The van der Waals surface area contributed by atoms with Crippen LogP contribution in [-0.4, -0.2) is 23.4 Å². The average molecular weight is 342 g/mol. The second-order valence-corrected chi connectivity index (χ2v) is 5.70. The fraction of sp³-hybridized carbons (Fsp3) is 0.222. The monoisotopic (exact) mass is 342 g/mol. The number of amides is 1. The standard InChI is InChI=1S/C18H18N2O5/c1-11-4-7-15(13(3)8-11)19-17(21)10-25-18(22)14-6-5-12(2)16(9-14)20(23)24/h4-9H,10H2,1-3H3,(H,19,21). The first-order valence-electron chi connectivity index (χ1n) is 7.57. The second-order valence-electron chi connectivity index (χ2n) is 5.70. The number of nitro groups is 1. The Morgan fingerprint density at radius 1 is 1.08 bits per heavy atom. The van der Waals surface area contributed by atoms with E-state index in [9.17, 15) is 19.7 Å². The van der Waals surface area contributed by atoms with Crippen LogP contribution in [0.25, 0.3) is 0 Å². The highest BCUT2D eigenvalue weighted by molar-refractivity contribution is 5.96. The SMILES string of the molecule is Cc1ccc(NC(=O)COC(=O)c2ccc(C)c([N+](=O)[O-])c2)c(C)c1. The van der Waals surface area contributed by atoms with Crippen LogP contribution in [0.4, 0.5) is 11.4 Å². The van der Waals surface area contributed by atoms with Crippen LogP contribution in [-0.2, 0) is 9.53 Å². The van der Waals surface area contributed by atoms with E-state index in [4.69, 9.17) is 4.74 Å². The van der Waals surface area contributed by atoms with Gasteiger partial charge in [0.15, 0.2) is 6.61 Å². The number of rotatable bonds is 5. The summed E-state index contributed by atoms with van der Waals surface area (Å²) in [4.78, 5) is 34.2. The van der Waals surface area contributed by atoms with Crippen molar-refractivity contribution >= 4 is 23.3 Å². The van der Waals surface area contributed by atoms with Crippen molar-refractivity contribution in [2.75, 3.05) is 11.9 Å². The molecule has 2 aromatic rings. The molecule has 2 aromatic carbocycles. The van der Waals surface area contributed by atoms with E-state index in [0.717, 1.165) is 17.2 Å². The van der Waals surface area contributed by atoms with Crippen LogP contribution < -0.4 is 5.32 Å². The molecular formula is C18H18N2O5. The number of nitrogens with zero attached hydrogens (tertiary/aromatic N) is 1. The summed E-state index contributed by atoms with van der Waals surface area (Å²) < 4.78 is 4.93. The minimum Gasteiger partial charge on any atom is -0.452 e. The van der Waals surface area contributed by atoms with Gasteiger partial charge in [0.05, 0.1) is 10.5 Å². The van der Waals surface area contributed by atoms with Crippen molar-refractivity contribution in [3.05, 3.63) is 68.8 Å². The molecule has 0 atom stereocenters. The van der Waals surface area contributed by atoms with Gasteiger partial charge in [0.2, 0.25) is 0 Å². The molecule has 7 nitrogen and oxygen atoms in total. The molecule has 0 spiro atoms. The van der Waals surface area contributed by atoms with Crippen molar-refractivity contribution in [1.82, 2.24) is 0 Å². The lowest BCUT2D eigenvalue weighted by Crippen LogP contribution is -2.21. The molecule has 0 aliphatic carbocycles. The Kier molecular flexibility index (Phi) is 5.49. The molecule has 25 heavy (non-hydrogen) atoms. The van der Waals surface area contributed by atoms with E-state index in [2.05, 4.69) is 5.32 Å². The molecule has 1 N–H and O–H groups in total. The molecule has 130 valence electrons. The van der Waals surface area contributed by atoms with Crippen molar-refractivity contribution in [3.8, 4) is 0 Å². The lowest BCUT2D eigenvalue weighted by molar-refractivity contribution is -0.385. The van der Waals surface area contributed by atoms with E-state index in [1.165, 1.54) is 12.1 Å². The van der Waals surface area contributed by atoms with Gasteiger partial charge in [-0.25, -0.2) is 4.79 Å². The number of benzene rings is 2. The highest BCUT2D eigenvalue weighted by Gasteiger charge is 2.17. The normalized spacial score (nSPS) is 10.2. The Morgan fingerprint density at radius 2 is 1.80 bits per heavy atom. The van der Waals surface area contributed by atoms with E-state index >= 15 is 0 Å². The van der Waals surface area contributed by atoms with Crippen LogP contribution in [0.3, 0.4) is 0 Å². The molecule has 0 fully saturated rings. The molecule has 0 bridgehead atoms. The van der Waals surface area contributed by atoms with Gasteiger partial charge in [-0.1, -0.05) is 23.8 Å². The van der Waals surface area contributed by atoms with Crippen molar-refractivity contribution in [2.24, 2.45) is 0 Å². The highest BCUT2D eigenvalue weighted by atomic mass is 16.6. The number of carbonyl (C=O) groups excluding carboxylic acids is 2. The quantitative estimate of drug-likeness (QED) is 0.510. The number of anilines is 1. The summed E-state index contributed by atoms with van der Waals surface area (Å²) in [5.41, 5.74) is 2.90. The number of hydrogen-bond donors (Lipinski definition) is 1. The zero-order valence-corrected chi connectivity index (χ0v) is 14.2. The van der Waals surface area contributed by atoms with E-state index in [1.807, 2.05) is 26.0 Å². The fourth-order valence-electron chi connectivity index (χ4n) is 2.29. The summed E-state index contributed by atoms with van der Waals surface area (Å²) in [6, 6.07) is 9.58. The lowest BCUT2D eigenvalue weighted by atomic mass is 10.1. The first-order valence-corrected chi connectivity index (χ1v) is 7.57. The molecule has 0 unspecified atom stereocenters. The van der Waals surface area contributed by atoms with Crippen molar-refractivity contribution in [3.63, 3.8) is 0 Å². The summed E-state index contributed by atoms with van der Waals surface area (Å²) in [5, 5.41) is 13.6. The van der Waals surface area contributed by atoms with Crippen LogP contribution >= 0.6 is 0 Å². The summed E-state index contributed by atoms with van der Waals surface area (Å²) in [7, 11) is 0. The molecule has 0 saturated heterocycles. The molecule has 0 aromatic heterocycles. The maximum atomic E-state index is 12.0. The van der Waals surface area contributed by atoms with Gasteiger partial charge >= 0.3 is 5.97 Å². The minimum absolute atomic E-state index is 0.0246. The number of nitrogens with one attached hydrogen (secondary N) is 1. The van der Waals surface area contributed by atoms with Gasteiger partial charge in [-0.15, -0.1) is 0 Å². The summed E-state index contributed by atoms with van der Waals surface area (Å²) in [6.45, 7) is 4.90. The molecule has 0 aliphatic heterocycles. The average Bonchev–Trinajstić information content (AvgIpc) is 2.55. The Hall–Kier alpha value is -3.22. The summed E-state index contributed by atoms with van der Waals surface area (Å²) in [6.07, 6.45) is 0. The Labute approximate surface area is 144 Å². The maximum absolute atomic E-state index is 12.0. The van der Waals surface area contributed by atoms with Crippen LogP contribution in [0.15, 0.2) is 36.4 Å². The Bertz CT molecular complexity index is 845. The molecule has 0 aliphatic rings. The van der Waals surface area contributed by atoms with Crippen molar-refractivity contribution < 1.29 is 19.2 Å². The van der Waals surface area contributed by atoms with Crippen LogP contribution in [0, 0.1) is 30.9 Å². The number of nitro benzene ring substituents is 1. The molecule has 0 heterocycles. The molecule has 1 amide bonds. The van der Waals surface area contributed by atoms with Crippen LogP contribution in [0.1, 0.15) is 27.0 Å². The molecule has 0 saturated carbocycles. The van der Waals surface area contributed by atoms with E-state index < -0.39 is 23.4 Å². The summed E-state index contributed by atoms with van der Waals surface area (Å²) >= 11 is 0. The van der Waals surface area contributed by atoms with Gasteiger partial charge in [0.1, 0.15) is 0 Å². The van der Waals surface area contributed by atoms with Crippen molar-refractivity contribution in [1.29, 1.82) is 0 Å². The van der Waals surface area contributed by atoms with Gasteiger partial charge < -0.3 is 10.1 Å². The van der Waals surface area contributed by atoms with Gasteiger partial charge in [-0.05, 0) is 38.5 Å². The number of ether oxygens (including phenoxy) is 1. The number of carbonyl (C=O) groups is 2. The van der Waals surface area contributed by atoms with Gasteiger partial charge in [0, 0.05) is 17.3 Å². The summed E-state index contributed by atoms with van der Waals surface area (Å²) in [5.74, 6) is -1.28. The lowest BCUT2D eigenvalue weighted by Gasteiger charge is -2.10. The van der Waals surface area contributed by atoms with Crippen LogP contribution in [0.2, 0.25) is 0 Å². The predicted octanol–water partition coefficient (Wildman–Crippen LogP) is 3.32. The van der Waals surface area contributed by atoms with E-state index in [-0.39, 0.29) is 11.3 Å². The molecule has 0 radical (unpaired) electrons. The number of esters is 1.